The molecule has 1 rings (SSSR count). The van der Waals surface area contributed by atoms with Gasteiger partial charge in [-0.2, -0.15) is 0 Å². The monoisotopic (exact) mass is 185 g/mol. The Bertz CT molecular complexity index is 155. The third-order valence-electron chi connectivity index (χ3n) is 2.18. The molecule has 4 nitrogen and oxygen atoms in total. The number of carbonyl (C=O) groups is 1. The molecule has 1 saturated heterocycles. The first kappa shape index (κ1) is 10.6. The maximum Gasteiger partial charge on any atom is 0.151 e. The van der Waals surface area contributed by atoms with Gasteiger partial charge < -0.3 is 10.1 Å². The van der Waals surface area contributed by atoms with Gasteiger partial charge in [-0.25, -0.2) is 0 Å². The van der Waals surface area contributed by atoms with Crippen molar-refractivity contribution in [2.24, 2.45) is 0 Å². The molecule has 76 valence electrons. The summed E-state index contributed by atoms with van der Waals surface area (Å²) in [5.74, 6) is 0. The highest BCUT2D eigenvalue weighted by Gasteiger charge is 2.19. The zero-order valence-electron chi connectivity index (χ0n) is 8.42. The molecular formula is C9H19N3O. The fourth-order valence-electron chi connectivity index (χ4n) is 1.53. The van der Waals surface area contributed by atoms with Crippen molar-refractivity contribution in [1.82, 2.24) is 15.5 Å². The van der Waals surface area contributed by atoms with Gasteiger partial charge in [0.05, 0.1) is 0 Å². The molecule has 0 radical (unpaired) electrons. The molecule has 1 aliphatic heterocycles. The van der Waals surface area contributed by atoms with Gasteiger partial charge in [0.1, 0.15) is 6.17 Å². The van der Waals surface area contributed by atoms with Crippen molar-refractivity contribution in [2.45, 2.75) is 26.1 Å². The number of piperazine rings is 1. The van der Waals surface area contributed by atoms with E-state index in [0.29, 0.717) is 6.04 Å². The molecule has 0 spiro atoms. The molecule has 2 N–H and O–H groups in total. The van der Waals surface area contributed by atoms with Gasteiger partial charge in [0, 0.05) is 32.2 Å². The normalized spacial score (nSPS) is 21.8. The standard InChI is InChI=1S/C9H19N3O/c1-8(2)11-9(7-13)12-5-3-10-4-6-12/h7-11H,3-6H2,1-2H3. The Kier molecular flexibility index (Phi) is 4.35. The predicted molar refractivity (Wildman–Crippen MR) is 52.6 cm³/mol. The van der Waals surface area contributed by atoms with E-state index >= 15 is 0 Å². The number of hydrogen-bond donors (Lipinski definition) is 2. The van der Waals surface area contributed by atoms with Crippen LogP contribution in [0.5, 0.6) is 0 Å². The molecule has 13 heavy (non-hydrogen) atoms. The predicted octanol–water partition coefficient (Wildman–Crippen LogP) is -0.585. The van der Waals surface area contributed by atoms with Crippen molar-refractivity contribution in [3.8, 4) is 0 Å². The first-order chi connectivity index (χ1) is 6.24. The molecule has 4 heteroatoms. The molecule has 0 aromatic carbocycles. The summed E-state index contributed by atoms with van der Waals surface area (Å²) in [5.41, 5.74) is 0. The van der Waals surface area contributed by atoms with Gasteiger partial charge in [-0.3, -0.25) is 10.2 Å². The Labute approximate surface area is 79.7 Å². The molecule has 0 saturated carbocycles. The second-order valence-corrected chi connectivity index (χ2v) is 3.69. The summed E-state index contributed by atoms with van der Waals surface area (Å²) in [7, 11) is 0. The lowest BCUT2D eigenvalue weighted by Gasteiger charge is -2.33. The highest BCUT2D eigenvalue weighted by molar-refractivity contribution is 5.57. The maximum absolute atomic E-state index is 10.8. The maximum atomic E-state index is 10.8. The minimum Gasteiger partial charge on any atom is -0.314 e. The van der Waals surface area contributed by atoms with Crippen molar-refractivity contribution in [3.05, 3.63) is 0 Å². The average Bonchev–Trinajstić information content (AvgIpc) is 2.15. The van der Waals surface area contributed by atoms with Crippen LogP contribution in [0, 0.1) is 0 Å². The van der Waals surface area contributed by atoms with Crippen LogP contribution in [0.4, 0.5) is 0 Å². The zero-order chi connectivity index (χ0) is 9.68. The molecule has 0 aliphatic carbocycles. The summed E-state index contributed by atoms with van der Waals surface area (Å²) in [6, 6.07) is 0.352. The Morgan fingerprint density at radius 3 is 2.46 bits per heavy atom. The van der Waals surface area contributed by atoms with Crippen molar-refractivity contribution < 1.29 is 4.79 Å². The van der Waals surface area contributed by atoms with E-state index in [9.17, 15) is 4.79 Å². The van der Waals surface area contributed by atoms with Crippen molar-refractivity contribution in [2.75, 3.05) is 26.2 Å². The van der Waals surface area contributed by atoms with Crippen molar-refractivity contribution in [1.29, 1.82) is 0 Å². The molecular weight excluding hydrogens is 166 g/mol. The zero-order valence-corrected chi connectivity index (χ0v) is 8.42. The Balaban J connectivity index is 2.39. The van der Waals surface area contributed by atoms with E-state index in [-0.39, 0.29) is 6.17 Å². The lowest BCUT2D eigenvalue weighted by molar-refractivity contribution is -0.114. The van der Waals surface area contributed by atoms with E-state index in [2.05, 4.69) is 29.4 Å². The fraction of sp³-hybridized carbons (Fsp3) is 0.889. The minimum absolute atomic E-state index is 0.109. The second kappa shape index (κ2) is 5.32. The van der Waals surface area contributed by atoms with Crippen LogP contribution < -0.4 is 10.6 Å². The first-order valence-electron chi connectivity index (χ1n) is 4.90. The summed E-state index contributed by atoms with van der Waals surface area (Å²) in [4.78, 5) is 13.0. The molecule has 0 bridgehead atoms. The van der Waals surface area contributed by atoms with E-state index in [0.717, 1.165) is 32.5 Å². The highest BCUT2D eigenvalue weighted by atomic mass is 16.1. The Hall–Kier alpha value is -0.450. The molecule has 1 fully saturated rings. The minimum atomic E-state index is -0.109. The largest absolute Gasteiger partial charge is 0.314 e. The number of rotatable bonds is 4. The van der Waals surface area contributed by atoms with Crippen LogP contribution in [0.25, 0.3) is 0 Å². The van der Waals surface area contributed by atoms with E-state index in [4.69, 9.17) is 0 Å². The highest BCUT2D eigenvalue weighted by Crippen LogP contribution is 1.97. The quantitative estimate of drug-likeness (QED) is 0.575. The molecule has 1 atom stereocenters. The van der Waals surface area contributed by atoms with Crippen LogP contribution in [0.3, 0.4) is 0 Å². The first-order valence-corrected chi connectivity index (χ1v) is 4.90. The number of nitrogens with one attached hydrogen (secondary N) is 2. The second-order valence-electron chi connectivity index (χ2n) is 3.69. The van der Waals surface area contributed by atoms with Gasteiger partial charge >= 0.3 is 0 Å². The van der Waals surface area contributed by atoms with E-state index in [1.165, 1.54) is 0 Å². The van der Waals surface area contributed by atoms with E-state index in [1.807, 2.05) is 0 Å². The van der Waals surface area contributed by atoms with Gasteiger partial charge in [-0.15, -0.1) is 0 Å². The molecule has 1 heterocycles. The summed E-state index contributed by atoms with van der Waals surface area (Å²) in [6.45, 7) is 7.96. The lowest BCUT2D eigenvalue weighted by atomic mass is 10.3. The molecule has 0 amide bonds. The lowest BCUT2D eigenvalue weighted by Crippen LogP contribution is -2.55. The van der Waals surface area contributed by atoms with Gasteiger partial charge in [-0.05, 0) is 13.8 Å². The summed E-state index contributed by atoms with van der Waals surface area (Å²) in [5, 5.41) is 6.49. The van der Waals surface area contributed by atoms with Gasteiger partial charge in [0.25, 0.3) is 0 Å². The Morgan fingerprint density at radius 2 is 2.00 bits per heavy atom. The molecule has 0 aromatic heterocycles. The van der Waals surface area contributed by atoms with Gasteiger partial charge in [0.2, 0.25) is 0 Å². The molecule has 0 aromatic rings. The van der Waals surface area contributed by atoms with Crippen LogP contribution in [0.1, 0.15) is 13.8 Å². The number of aldehydes is 1. The smallest absolute Gasteiger partial charge is 0.151 e. The van der Waals surface area contributed by atoms with E-state index < -0.39 is 0 Å². The average molecular weight is 185 g/mol. The SMILES string of the molecule is CC(C)NC(C=O)N1CCNCC1. The van der Waals surface area contributed by atoms with Crippen LogP contribution >= 0.6 is 0 Å². The van der Waals surface area contributed by atoms with Crippen molar-refractivity contribution >= 4 is 6.29 Å². The van der Waals surface area contributed by atoms with Gasteiger partial charge in [0.15, 0.2) is 6.29 Å². The number of nitrogens with zero attached hydrogens (tertiary/aromatic N) is 1. The number of hydrogen-bond acceptors (Lipinski definition) is 4. The topological polar surface area (TPSA) is 44.4 Å². The van der Waals surface area contributed by atoms with Crippen LogP contribution in [-0.2, 0) is 4.79 Å². The third-order valence-corrected chi connectivity index (χ3v) is 2.18. The van der Waals surface area contributed by atoms with Gasteiger partial charge in [-0.1, -0.05) is 0 Å². The fourth-order valence-corrected chi connectivity index (χ4v) is 1.53. The molecule has 1 unspecified atom stereocenters. The van der Waals surface area contributed by atoms with Crippen molar-refractivity contribution in [3.63, 3.8) is 0 Å². The summed E-state index contributed by atoms with van der Waals surface area (Å²) >= 11 is 0. The summed E-state index contributed by atoms with van der Waals surface area (Å²) in [6.07, 6.45) is 0.882. The Morgan fingerprint density at radius 1 is 1.38 bits per heavy atom. The van der Waals surface area contributed by atoms with E-state index in [1.54, 1.807) is 0 Å². The number of carbonyl (C=O) groups excluding carboxylic acids is 1. The van der Waals surface area contributed by atoms with Crippen LogP contribution in [0.2, 0.25) is 0 Å². The third kappa shape index (κ3) is 3.42. The van der Waals surface area contributed by atoms with Crippen LogP contribution in [0.15, 0.2) is 0 Å². The molecule has 1 aliphatic rings. The van der Waals surface area contributed by atoms with Crippen LogP contribution in [-0.4, -0.2) is 49.6 Å². The summed E-state index contributed by atoms with van der Waals surface area (Å²) < 4.78 is 0.